The smallest absolute Gasteiger partial charge is 0.146 e. The van der Waals surface area contributed by atoms with E-state index in [1.165, 1.54) is 0 Å². The summed E-state index contributed by atoms with van der Waals surface area (Å²) in [6.07, 6.45) is 0.491. The second kappa shape index (κ2) is 12.2. The van der Waals surface area contributed by atoms with Crippen molar-refractivity contribution < 1.29 is 26.7 Å². The number of benzene rings is 2. The van der Waals surface area contributed by atoms with Crippen LogP contribution in [0.25, 0.3) is 0 Å². The van der Waals surface area contributed by atoms with Crippen molar-refractivity contribution in [1.29, 1.82) is 0 Å². The normalized spacial score (nSPS) is 9.20. The summed E-state index contributed by atoms with van der Waals surface area (Å²) in [6, 6.07) is 34.0. The van der Waals surface area contributed by atoms with Crippen LogP contribution in [0.3, 0.4) is 0 Å². The average molecular weight is 432 g/mol. The molecule has 0 saturated heterocycles. The molecule has 0 saturated carbocycles. The van der Waals surface area contributed by atoms with E-state index in [1.807, 2.05) is 97.1 Å². The molecule has 0 aliphatic rings. The molecule has 30 heavy (non-hydrogen) atoms. The molecule has 0 heterocycles. The summed E-state index contributed by atoms with van der Waals surface area (Å²) in [6.45, 7) is 0. The van der Waals surface area contributed by atoms with Gasteiger partial charge in [0.25, 0.3) is 0 Å². The Bertz CT molecular complexity index is 1080. The predicted molar refractivity (Wildman–Crippen MR) is 116 cm³/mol. The number of carbonyl (C=O) groups excluding carboxylic acids is 2. The SMILES string of the molecule is O=C(C#Cc1ccccc1)[c-]1cccc1.O=C(Cc1ccccc1)[c-]1[cH-][cH-][cH-][cH-]1.[Fe]. The summed E-state index contributed by atoms with van der Waals surface area (Å²) < 4.78 is 0. The van der Waals surface area contributed by atoms with E-state index in [9.17, 15) is 9.59 Å². The Morgan fingerprint density at radius 1 is 0.800 bits per heavy atom. The third-order valence-electron chi connectivity index (χ3n) is 4.21. The van der Waals surface area contributed by atoms with Crippen molar-refractivity contribution in [3.8, 4) is 11.8 Å². The van der Waals surface area contributed by atoms with E-state index in [2.05, 4.69) is 11.8 Å². The van der Waals surface area contributed by atoms with Crippen molar-refractivity contribution in [2.45, 2.75) is 6.42 Å². The number of hydrogen-bond donors (Lipinski definition) is 0. The van der Waals surface area contributed by atoms with Crippen molar-refractivity contribution in [1.82, 2.24) is 0 Å². The molecular formula is C27H20FeO2-6. The van der Waals surface area contributed by atoms with E-state index in [4.69, 9.17) is 0 Å². The first-order valence-electron chi connectivity index (χ1n) is 9.34. The number of carbonyl (C=O) groups is 2. The molecule has 0 fully saturated rings. The van der Waals surface area contributed by atoms with Crippen LogP contribution in [-0.4, -0.2) is 11.6 Å². The summed E-state index contributed by atoms with van der Waals surface area (Å²) in [5, 5.41) is 0. The third kappa shape index (κ3) is 7.18. The van der Waals surface area contributed by atoms with Gasteiger partial charge in [-0.1, -0.05) is 66.1 Å². The van der Waals surface area contributed by atoms with Gasteiger partial charge < -0.3 is 39.4 Å². The van der Waals surface area contributed by atoms with Crippen molar-refractivity contribution in [2.75, 3.05) is 0 Å². The van der Waals surface area contributed by atoms with Crippen molar-refractivity contribution in [3.05, 3.63) is 131 Å². The Labute approximate surface area is 187 Å². The van der Waals surface area contributed by atoms with Gasteiger partial charge in [-0.25, -0.2) is 0 Å². The van der Waals surface area contributed by atoms with Gasteiger partial charge in [0.1, 0.15) is 5.78 Å². The number of rotatable bonds is 4. The van der Waals surface area contributed by atoms with E-state index < -0.39 is 0 Å². The molecule has 2 nitrogen and oxygen atoms in total. The van der Waals surface area contributed by atoms with Crippen LogP contribution >= 0.6 is 0 Å². The molecule has 0 unspecified atom stereocenters. The first kappa shape index (κ1) is 22.8. The Hall–Kier alpha value is -3.44. The molecular weight excluding hydrogens is 412 g/mol. The van der Waals surface area contributed by atoms with Gasteiger partial charge in [-0.05, 0) is 12.1 Å². The standard InChI is InChI=1S/C14H9O.C13H11O.Fe/c15-14(13-8-4-5-9-13)11-10-12-6-2-1-3-7-12;14-13(12-8-4-5-9-12)10-11-6-2-1-3-7-11;/h1-9H;1-9H,10H2;/q-1;-5;. The van der Waals surface area contributed by atoms with Crippen LogP contribution in [0.4, 0.5) is 0 Å². The zero-order valence-electron chi connectivity index (χ0n) is 16.3. The zero-order valence-corrected chi connectivity index (χ0v) is 17.4. The quantitative estimate of drug-likeness (QED) is 0.186. The van der Waals surface area contributed by atoms with Crippen molar-refractivity contribution >= 4 is 11.6 Å². The number of hydrogen-bond acceptors (Lipinski definition) is 2. The van der Waals surface area contributed by atoms with Gasteiger partial charge in [0.2, 0.25) is 0 Å². The molecule has 0 N–H and O–H groups in total. The maximum Gasteiger partial charge on any atom is 0.146 e. The topological polar surface area (TPSA) is 34.1 Å². The van der Waals surface area contributed by atoms with Gasteiger partial charge in [0.15, 0.2) is 0 Å². The van der Waals surface area contributed by atoms with Crippen LogP contribution in [0.2, 0.25) is 0 Å². The summed E-state index contributed by atoms with van der Waals surface area (Å²) in [7, 11) is 0. The van der Waals surface area contributed by atoms with Crippen LogP contribution in [0.5, 0.6) is 0 Å². The molecule has 0 radical (unpaired) electrons. The second-order valence-corrected chi connectivity index (χ2v) is 6.38. The largest absolute Gasteiger partial charge is 0.718 e. The Kier molecular flexibility index (Phi) is 9.28. The van der Waals surface area contributed by atoms with Gasteiger partial charge in [0.05, 0.1) is 0 Å². The summed E-state index contributed by atoms with van der Waals surface area (Å²) in [5.74, 6) is 5.49. The average Bonchev–Trinajstić information content (AvgIpc) is 3.48. The molecule has 0 bridgehead atoms. The molecule has 0 aliphatic carbocycles. The second-order valence-electron chi connectivity index (χ2n) is 6.38. The van der Waals surface area contributed by atoms with Crippen molar-refractivity contribution in [2.24, 2.45) is 0 Å². The van der Waals surface area contributed by atoms with Crippen LogP contribution in [0, 0.1) is 11.8 Å². The number of Topliss-reactive ketones (excluding diaryl/α,β-unsaturated/α-hetero) is 2. The van der Waals surface area contributed by atoms with Gasteiger partial charge >= 0.3 is 0 Å². The first-order valence-corrected chi connectivity index (χ1v) is 9.34. The fourth-order valence-electron chi connectivity index (χ4n) is 2.69. The molecule has 4 aromatic carbocycles. The summed E-state index contributed by atoms with van der Waals surface area (Å²) >= 11 is 0. The minimum Gasteiger partial charge on any atom is -0.718 e. The van der Waals surface area contributed by atoms with E-state index in [0.717, 1.165) is 16.7 Å². The molecule has 154 valence electrons. The predicted octanol–water partition coefficient (Wildman–Crippen LogP) is 5.47. The molecule has 4 rings (SSSR count). The maximum atomic E-state index is 11.7. The van der Waals surface area contributed by atoms with Crippen molar-refractivity contribution in [3.63, 3.8) is 0 Å². The fourth-order valence-corrected chi connectivity index (χ4v) is 2.69. The van der Waals surface area contributed by atoms with Gasteiger partial charge in [0, 0.05) is 22.6 Å². The van der Waals surface area contributed by atoms with Crippen LogP contribution < -0.4 is 0 Å². The number of ketones is 2. The zero-order chi connectivity index (χ0) is 20.3. The summed E-state index contributed by atoms with van der Waals surface area (Å²) in [4.78, 5) is 23.2. The Morgan fingerprint density at radius 3 is 1.97 bits per heavy atom. The fraction of sp³-hybridized carbons (Fsp3) is 0.0370. The molecule has 0 atom stereocenters. The molecule has 0 spiro atoms. The monoisotopic (exact) mass is 432 g/mol. The molecule has 3 heteroatoms. The first-order chi connectivity index (χ1) is 14.2. The molecule has 0 aromatic heterocycles. The molecule has 0 amide bonds. The van der Waals surface area contributed by atoms with E-state index >= 15 is 0 Å². The van der Waals surface area contributed by atoms with Crippen LogP contribution in [0.1, 0.15) is 31.8 Å². The minimum absolute atomic E-state index is 0. The van der Waals surface area contributed by atoms with Gasteiger partial charge in [-0.3, -0.25) is 5.78 Å². The van der Waals surface area contributed by atoms with Crippen LogP contribution in [0.15, 0.2) is 109 Å². The summed E-state index contributed by atoms with van der Waals surface area (Å²) in [5.41, 5.74) is 3.38. The molecule has 4 aromatic rings. The Morgan fingerprint density at radius 2 is 1.37 bits per heavy atom. The third-order valence-corrected chi connectivity index (χ3v) is 4.21. The van der Waals surface area contributed by atoms with E-state index in [1.54, 1.807) is 12.1 Å². The Balaban J connectivity index is 0.000000207. The minimum atomic E-state index is -0.135. The van der Waals surface area contributed by atoms with E-state index in [-0.39, 0.29) is 28.6 Å². The van der Waals surface area contributed by atoms with Crippen LogP contribution in [-0.2, 0) is 23.5 Å². The van der Waals surface area contributed by atoms with Gasteiger partial charge in [-0.15, -0.1) is 24.0 Å². The molecule has 0 aliphatic heterocycles. The maximum absolute atomic E-state index is 11.7. The van der Waals surface area contributed by atoms with Gasteiger partial charge in [-0.2, -0.15) is 12.1 Å². The van der Waals surface area contributed by atoms with E-state index in [0.29, 0.717) is 12.0 Å².